The molecule has 1 atom stereocenters. The van der Waals surface area contributed by atoms with Gasteiger partial charge in [0.15, 0.2) is 6.23 Å². The molecular formula is C24H20BrN3O4. The number of phenols is 1. The van der Waals surface area contributed by atoms with E-state index in [1.807, 2.05) is 48.7 Å². The Hall–Kier alpha value is -3.36. The third-order valence-corrected chi connectivity index (χ3v) is 5.97. The number of halogens is 1. The van der Waals surface area contributed by atoms with Crippen molar-refractivity contribution in [3.63, 3.8) is 0 Å². The van der Waals surface area contributed by atoms with E-state index < -0.39 is 6.23 Å². The van der Waals surface area contributed by atoms with E-state index in [2.05, 4.69) is 15.9 Å². The average Bonchev–Trinajstić information content (AvgIpc) is 3.53. The average molecular weight is 494 g/mol. The molecule has 1 fully saturated rings. The quantitative estimate of drug-likeness (QED) is 0.421. The van der Waals surface area contributed by atoms with E-state index >= 15 is 0 Å². The summed E-state index contributed by atoms with van der Waals surface area (Å²) in [4.78, 5) is 14.4. The van der Waals surface area contributed by atoms with Crippen molar-refractivity contribution in [1.29, 1.82) is 0 Å². The number of hydrogen-bond donors (Lipinski definition) is 1. The largest absolute Gasteiger partial charge is 0.508 e. The van der Waals surface area contributed by atoms with Crippen molar-refractivity contribution in [3.05, 3.63) is 88.9 Å². The van der Waals surface area contributed by atoms with Crippen LogP contribution in [0.1, 0.15) is 17.4 Å². The first-order valence-electron chi connectivity index (χ1n) is 10.2. The second kappa shape index (κ2) is 8.64. The zero-order chi connectivity index (χ0) is 22.1. The zero-order valence-corrected chi connectivity index (χ0v) is 18.6. The molecular weight excluding hydrogens is 474 g/mol. The van der Waals surface area contributed by atoms with Gasteiger partial charge in [0.05, 0.1) is 18.2 Å². The summed E-state index contributed by atoms with van der Waals surface area (Å²) >= 11 is 3.46. The van der Waals surface area contributed by atoms with Crippen molar-refractivity contribution < 1.29 is 19.1 Å². The number of hydrogen-bond acceptors (Lipinski definition) is 5. The van der Waals surface area contributed by atoms with Gasteiger partial charge in [0.25, 0.3) is 5.91 Å². The molecule has 1 aliphatic heterocycles. The fourth-order valence-electron chi connectivity index (χ4n) is 3.78. The van der Waals surface area contributed by atoms with Gasteiger partial charge in [0.1, 0.15) is 18.1 Å². The number of carbonyl (C=O) groups is 1. The van der Waals surface area contributed by atoms with Gasteiger partial charge in [0, 0.05) is 28.3 Å². The highest BCUT2D eigenvalue weighted by molar-refractivity contribution is 9.10. The molecule has 0 bridgehead atoms. The van der Waals surface area contributed by atoms with E-state index in [0.29, 0.717) is 18.7 Å². The van der Waals surface area contributed by atoms with Gasteiger partial charge in [0.2, 0.25) is 0 Å². The van der Waals surface area contributed by atoms with Gasteiger partial charge in [-0.3, -0.25) is 4.79 Å². The lowest BCUT2D eigenvalue weighted by Crippen LogP contribution is -2.30. The maximum Gasteiger partial charge on any atom is 0.250 e. The van der Waals surface area contributed by atoms with E-state index in [9.17, 15) is 9.90 Å². The molecule has 1 aliphatic rings. The predicted molar refractivity (Wildman–Crippen MR) is 121 cm³/mol. The van der Waals surface area contributed by atoms with E-state index in [4.69, 9.17) is 14.3 Å². The second-order valence-electron chi connectivity index (χ2n) is 7.53. The lowest BCUT2D eigenvalue weighted by Gasteiger charge is -2.23. The Labute approximate surface area is 193 Å². The highest BCUT2D eigenvalue weighted by Crippen LogP contribution is 2.35. The molecule has 2 aromatic heterocycles. The fraction of sp³-hybridized carbons (Fsp3) is 0.167. The number of nitrogens with zero attached hydrogens (tertiary/aromatic N) is 3. The van der Waals surface area contributed by atoms with Crippen molar-refractivity contribution in [2.45, 2.75) is 12.6 Å². The van der Waals surface area contributed by atoms with Crippen LogP contribution in [0.15, 0.2) is 82.2 Å². The van der Waals surface area contributed by atoms with Gasteiger partial charge < -0.3 is 19.2 Å². The first-order valence-corrected chi connectivity index (χ1v) is 10.9. The molecule has 0 aliphatic carbocycles. The Morgan fingerprint density at radius 1 is 1.09 bits per heavy atom. The Kier molecular flexibility index (Phi) is 5.55. The SMILES string of the molecule is O=C1COC(c2cn(-c3ccc(Br)cc3)nc2-c2ccoc2)N1CCc1ccc(O)cc1. The number of rotatable bonds is 6. The molecule has 1 amide bonds. The Morgan fingerprint density at radius 2 is 1.88 bits per heavy atom. The van der Waals surface area contributed by atoms with Crippen LogP contribution < -0.4 is 0 Å². The number of furan rings is 1. The summed E-state index contributed by atoms with van der Waals surface area (Å²) in [5.74, 6) is 0.153. The van der Waals surface area contributed by atoms with Crippen LogP contribution in [0, 0.1) is 0 Å². The van der Waals surface area contributed by atoms with Crippen LogP contribution in [0.3, 0.4) is 0 Å². The summed E-state index contributed by atoms with van der Waals surface area (Å²) in [6.45, 7) is 0.511. The number of aromatic nitrogens is 2. The van der Waals surface area contributed by atoms with Gasteiger partial charge in [-0.15, -0.1) is 0 Å². The van der Waals surface area contributed by atoms with Crippen LogP contribution in [0.5, 0.6) is 5.75 Å². The third-order valence-electron chi connectivity index (χ3n) is 5.44. The predicted octanol–water partition coefficient (Wildman–Crippen LogP) is 4.70. The highest BCUT2D eigenvalue weighted by Gasteiger charge is 2.36. The van der Waals surface area contributed by atoms with Gasteiger partial charge in [-0.1, -0.05) is 28.1 Å². The summed E-state index contributed by atoms with van der Waals surface area (Å²) in [5, 5.41) is 14.3. The van der Waals surface area contributed by atoms with Crippen molar-refractivity contribution in [3.8, 4) is 22.7 Å². The minimum absolute atomic E-state index is 0.0224. The van der Waals surface area contributed by atoms with Crippen LogP contribution in [0.2, 0.25) is 0 Å². The lowest BCUT2D eigenvalue weighted by atomic mass is 10.1. The molecule has 8 heteroatoms. The number of phenolic OH excluding ortho intramolecular Hbond substituents is 1. The second-order valence-corrected chi connectivity index (χ2v) is 8.45. The number of benzene rings is 2. The van der Waals surface area contributed by atoms with Crippen LogP contribution in [0.4, 0.5) is 0 Å². The van der Waals surface area contributed by atoms with Crippen molar-refractivity contribution >= 4 is 21.8 Å². The van der Waals surface area contributed by atoms with Gasteiger partial charge >= 0.3 is 0 Å². The molecule has 7 nitrogen and oxygen atoms in total. The normalized spacial score (nSPS) is 16.1. The molecule has 0 spiro atoms. The van der Waals surface area contributed by atoms with Crippen LogP contribution >= 0.6 is 15.9 Å². The first kappa shape index (κ1) is 20.5. The monoisotopic (exact) mass is 493 g/mol. The van der Waals surface area contributed by atoms with Crippen molar-refractivity contribution in [1.82, 2.24) is 14.7 Å². The minimum atomic E-state index is -0.547. The molecule has 5 rings (SSSR count). The van der Waals surface area contributed by atoms with Crippen LogP contribution in [-0.2, 0) is 16.0 Å². The van der Waals surface area contributed by atoms with E-state index in [1.54, 1.807) is 34.2 Å². The van der Waals surface area contributed by atoms with Crippen LogP contribution in [0.25, 0.3) is 16.9 Å². The Bertz CT molecular complexity index is 1220. The molecule has 2 aromatic carbocycles. The Balaban J connectivity index is 1.48. The summed E-state index contributed by atoms with van der Waals surface area (Å²) < 4.78 is 14.0. The number of aromatic hydroxyl groups is 1. The van der Waals surface area contributed by atoms with E-state index in [-0.39, 0.29) is 18.3 Å². The van der Waals surface area contributed by atoms with Gasteiger partial charge in [-0.25, -0.2) is 4.68 Å². The van der Waals surface area contributed by atoms with Crippen LogP contribution in [-0.4, -0.2) is 38.8 Å². The van der Waals surface area contributed by atoms with Crippen molar-refractivity contribution in [2.24, 2.45) is 0 Å². The molecule has 32 heavy (non-hydrogen) atoms. The lowest BCUT2D eigenvalue weighted by molar-refractivity contribution is -0.128. The summed E-state index contributed by atoms with van der Waals surface area (Å²) in [6.07, 6.45) is 5.24. The first-order chi connectivity index (χ1) is 15.6. The minimum Gasteiger partial charge on any atom is -0.508 e. The number of amides is 1. The maximum absolute atomic E-state index is 12.7. The summed E-state index contributed by atoms with van der Waals surface area (Å²) in [5.41, 5.74) is 4.24. The topological polar surface area (TPSA) is 80.7 Å². The maximum atomic E-state index is 12.7. The standard InChI is InChI=1S/C24H20BrN3O4/c25-18-3-5-19(6-4-18)28-13-21(23(26-28)17-10-12-31-14-17)24-27(22(30)15-32-24)11-9-16-1-7-20(29)8-2-16/h1-8,10,12-14,24,29H,9,11,15H2. The molecule has 162 valence electrons. The third kappa shape index (κ3) is 4.06. The summed E-state index contributed by atoms with van der Waals surface area (Å²) in [6, 6.07) is 16.7. The highest BCUT2D eigenvalue weighted by atomic mass is 79.9. The van der Waals surface area contributed by atoms with Crippen molar-refractivity contribution in [2.75, 3.05) is 13.2 Å². The zero-order valence-electron chi connectivity index (χ0n) is 17.0. The molecule has 1 saturated heterocycles. The van der Waals surface area contributed by atoms with E-state index in [1.165, 1.54) is 0 Å². The Morgan fingerprint density at radius 3 is 2.59 bits per heavy atom. The number of ether oxygens (including phenoxy) is 1. The summed E-state index contributed by atoms with van der Waals surface area (Å²) in [7, 11) is 0. The van der Waals surface area contributed by atoms with Gasteiger partial charge in [-0.05, 0) is 54.4 Å². The fourth-order valence-corrected chi connectivity index (χ4v) is 4.05. The number of carbonyl (C=O) groups excluding carboxylic acids is 1. The molecule has 3 heterocycles. The molecule has 1 N–H and O–H groups in total. The molecule has 1 unspecified atom stereocenters. The van der Waals surface area contributed by atoms with E-state index in [0.717, 1.165) is 26.9 Å². The molecule has 0 saturated carbocycles. The smallest absolute Gasteiger partial charge is 0.250 e. The van der Waals surface area contributed by atoms with Gasteiger partial charge in [-0.2, -0.15) is 5.10 Å². The molecule has 4 aromatic rings. The molecule has 0 radical (unpaired) electrons.